The number of hydrogen-bond donors (Lipinski definition) is 0. The minimum Gasteiger partial charge on any atom is -0.309 e. The highest BCUT2D eigenvalue weighted by Crippen LogP contribution is 2.49. The van der Waals surface area contributed by atoms with E-state index in [-0.39, 0.29) is 0 Å². The van der Waals surface area contributed by atoms with Crippen molar-refractivity contribution in [2.75, 3.05) is 0 Å². The van der Waals surface area contributed by atoms with Crippen LogP contribution in [-0.4, -0.2) is 9.97 Å². The fraction of sp³-hybridized carbons (Fsp3) is 0. The largest absolute Gasteiger partial charge is 0.309 e. The Labute approximate surface area is 278 Å². The summed E-state index contributed by atoms with van der Waals surface area (Å²) < 4.78 is 15.9. The van der Waals surface area contributed by atoms with Crippen LogP contribution < -0.4 is 15.9 Å². The van der Waals surface area contributed by atoms with Gasteiger partial charge in [0.15, 0.2) is 7.14 Å². The maximum absolute atomic E-state index is 15.9. The van der Waals surface area contributed by atoms with Gasteiger partial charge in [-0.25, -0.2) is 9.97 Å². The Balaban J connectivity index is 1.36. The topological polar surface area (TPSA) is 42.9 Å². The Bertz CT molecular complexity index is 2590. The second kappa shape index (κ2) is 11.4. The van der Waals surface area contributed by atoms with E-state index < -0.39 is 7.14 Å². The van der Waals surface area contributed by atoms with Crippen molar-refractivity contribution in [2.45, 2.75) is 0 Å². The molecule has 0 aliphatic heterocycles. The zero-order valence-electron chi connectivity index (χ0n) is 26.0. The fourth-order valence-electron chi connectivity index (χ4n) is 7.08. The van der Waals surface area contributed by atoms with Gasteiger partial charge in [0.1, 0.15) is 0 Å². The Kier molecular flexibility index (Phi) is 6.74. The minimum atomic E-state index is -3.32. The molecule has 0 bridgehead atoms. The van der Waals surface area contributed by atoms with Crippen LogP contribution in [-0.2, 0) is 4.57 Å². The first-order valence-electron chi connectivity index (χ1n) is 16.1. The SMILES string of the molecule is O=P(c1ccccc1)(c1ccccc1)c1c2ccccc2c(-c2ccc3ccc4ccc(-c5ccccc5)nc4c3n2)c2ccccc12. The van der Waals surface area contributed by atoms with Crippen molar-refractivity contribution in [3.05, 3.63) is 176 Å². The van der Waals surface area contributed by atoms with Gasteiger partial charge in [0.2, 0.25) is 0 Å². The van der Waals surface area contributed by atoms with Crippen LogP contribution in [0.5, 0.6) is 0 Å². The number of pyridine rings is 2. The molecule has 0 spiro atoms. The van der Waals surface area contributed by atoms with E-state index in [4.69, 9.17) is 9.97 Å². The summed E-state index contributed by atoms with van der Waals surface area (Å²) in [5.74, 6) is 0. The van der Waals surface area contributed by atoms with Gasteiger partial charge in [0.25, 0.3) is 0 Å². The van der Waals surface area contributed by atoms with Crippen molar-refractivity contribution >= 4 is 66.4 Å². The summed E-state index contributed by atoms with van der Waals surface area (Å²) in [4.78, 5) is 10.5. The van der Waals surface area contributed by atoms with Crippen LogP contribution in [0.15, 0.2) is 176 Å². The van der Waals surface area contributed by atoms with Gasteiger partial charge >= 0.3 is 0 Å². The summed E-state index contributed by atoms with van der Waals surface area (Å²) in [7, 11) is -3.32. The lowest BCUT2D eigenvalue weighted by molar-refractivity contribution is 0.593. The second-order valence-electron chi connectivity index (χ2n) is 12.1. The number of aromatic nitrogens is 2. The first kappa shape index (κ1) is 28.3. The number of hydrogen-bond acceptors (Lipinski definition) is 3. The van der Waals surface area contributed by atoms with Crippen LogP contribution in [0, 0.1) is 0 Å². The average molecular weight is 633 g/mol. The highest BCUT2D eigenvalue weighted by atomic mass is 31.2. The molecule has 0 saturated carbocycles. The molecule has 2 aromatic heterocycles. The molecule has 3 nitrogen and oxygen atoms in total. The summed E-state index contributed by atoms with van der Waals surface area (Å²) in [6, 6.07) is 59.5. The van der Waals surface area contributed by atoms with Crippen molar-refractivity contribution < 1.29 is 4.57 Å². The van der Waals surface area contributed by atoms with Crippen LogP contribution in [0.4, 0.5) is 0 Å². The molecule has 0 N–H and O–H groups in total. The Morgan fingerprint density at radius 3 is 1.29 bits per heavy atom. The van der Waals surface area contributed by atoms with Crippen molar-refractivity contribution in [3.63, 3.8) is 0 Å². The zero-order valence-corrected chi connectivity index (χ0v) is 26.9. The molecular weight excluding hydrogens is 603 g/mol. The van der Waals surface area contributed by atoms with Gasteiger partial charge in [0, 0.05) is 37.8 Å². The summed E-state index contributed by atoms with van der Waals surface area (Å²) in [6.45, 7) is 0. The maximum atomic E-state index is 15.9. The van der Waals surface area contributed by atoms with Gasteiger partial charge in [0.05, 0.1) is 22.4 Å². The zero-order chi connectivity index (χ0) is 32.1. The Hall–Kier alpha value is -5.89. The lowest BCUT2D eigenvalue weighted by Crippen LogP contribution is -2.26. The van der Waals surface area contributed by atoms with Crippen molar-refractivity contribution in [1.82, 2.24) is 9.97 Å². The summed E-state index contributed by atoms with van der Waals surface area (Å²) >= 11 is 0. The van der Waals surface area contributed by atoms with Gasteiger partial charge in [-0.1, -0.05) is 164 Å². The van der Waals surface area contributed by atoms with Gasteiger partial charge in [-0.3, -0.25) is 0 Å². The lowest BCUT2D eigenvalue weighted by Gasteiger charge is -2.25. The van der Waals surface area contributed by atoms with E-state index in [2.05, 4.69) is 84.9 Å². The quantitative estimate of drug-likeness (QED) is 0.108. The summed E-state index contributed by atoms with van der Waals surface area (Å²) in [6.07, 6.45) is 0. The lowest BCUT2D eigenvalue weighted by atomic mass is 9.94. The normalized spacial score (nSPS) is 11.8. The van der Waals surface area contributed by atoms with Gasteiger partial charge in [-0.2, -0.15) is 0 Å². The van der Waals surface area contributed by atoms with Crippen LogP contribution in [0.25, 0.3) is 65.9 Å². The summed E-state index contributed by atoms with van der Waals surface area (Å²) in [5, 5.41) is 8.53. The summed E-state index contributed by atoms with van der Waals surface area (Å²) in [5.41, 5.74) is 5.60. The van der Waals surface area contributed by atoms with Gasteiger partial charge in [-0.15, -0.1) is 0 Å². The molecule has 2 heterocycles. The van der Waals surface area contributed by atoms with Gasteiger partial charge < -0.3 is 4.57 Å². The molecule has 4 heteroatoms. The molecule has 0 unspecified atom stereocenters. The Morgan fingerprint density at radius 1 is 0.375 bits per heavy atom. The highest BCUT2D eigenvalue weighted by molar-refractivity contribution is 7.86. The van der Waals surface area contributed by atoms with E-state index in [1.165, 1.54) is 0 Å². The average Bonchev–Trinajstić information content (AvgIpc) is 3.17. The maximum Gasteiger partial charge on any atom is 0.172 e. The number of rotatable bonds is 5. The molecule has 0 saturated heterocycles. The fourth-order valence-corrected chi connectivity index (χ4v) is 10.1. The van der Waals surface area contributed by atoms with Crippen LogP contribution in [0.3, 0.4) is 0 Å². The third-order valence-electron chi connectivity index (χ3n) is 9.30. The van der Waals surface area contributed by atoms with E-state index in [0.29, 0.717) is 0 Å². The molecule has 9 aromatic rings. The molecule has 0 radical (unpaired) electrons. The van der Waals surface area contributed by atoms with Crippen molar-refractivity contribution in [2.24, 2.45) is 0 Å². The molecule has 0 atom stereocenters. The van der Waals surface area contributed by atoms with Crippen LogP contribution in [0.2, 0.25) is 0 Å². The monoisotopic (exact) mass is 632 g/mol. The smallest absolute Gasteiger partial charge is 0.172 e. The molecule has 7 aromatic carbocycles. The second-order valence-corrected chi connectivity index (χ2v) is 14.8. The standard InChI is InChI=1S/C44H29N2OP/c47-48(33-16-6-2-7-17-33,34-18-8-3-9-19-34)44-37-22-12-10-20-35(37)41(36-21-11-13-23-38(36)44)40-29-27-32-25-24-31-26-28-39(30-14-4-1-5-15-30)45-42(31)43(32)46-40/h1-29H. The molecule has 0 fully saturated rings. The van der Waals surface area contributed by atoms with E-state index in [1.807, 2.05) is 91.0 Å². The number of benzene rings is 7. The van der Waals surface area contributed by atoms with Crippen LogP contribution >= 0.6 is 7.14 Å². The highest BCUT2D eigenvalue weighted by Gasteiger charge is 2.34. The van der Waals surface area contributed by atoms with E-state index in [9.17, 15) is 0 Å². The van der Waals surface area contributed by atoms with Crippen LogP contribution in [0.1, 0.15) is 0 Å². The molecule has 0 aliphatic carbocycles. The molecule has 226 valence electrons. The molecule has 48 heavy (non-hydrogen) atoms. The molecule has 0 aliphatic rings. The van der Waals surface area contributed by atoms with E-state index >= 15 is 4.57 Å². The molecule has 0 amide bonds. The predicted octanol–water partition coefficient (Wildman–Crippen LogP) is 10.1. The first-order chi connectivity index (χ1) is 23.7. The first-order valence-corrected chi connectivity index (χ1v) is 17.8. The molecular formula is C44H29N2OP. The third-order valence-corrected chi connectivity index (χ3v) is 12.5. The van der Waals surface area contributed by atoms with Gasteiger partial charge in [-0.05, 0) is 33.7 Å². The third kappa shape index (κ3) is 4.47. The number of fused-ring (bicyclic) bond motifs is 5. The molecule has 9 rings (SSSR count). The van der Waals surface area contributed by atoms with E-state index in [1.54, 1.807) is 0 Å². The van der Waals surface area contributed by atoms with E-state index in [0.717, 1.165) is 81.8 Å². The predicted molar refractivity (Wildman–Crippen MR) is 202 cm³/mol. The van der Waals surface area contributed by atoms with Crippen molar-refractivity contribution in [1.29, 1.82) is 0 Å². The van der Waals surface area contributed by atoms with Crippen molar-refractivity contribution in [3.8, 4) is 22.5 Å². The number of nitrogens with zero attached hydrogens (tertiary/aromatic N) is 2. The minimum absolute atomic E-state index is 0.815. The Morgan fingerprint density at radius 2 is 0.771 bits per heavy atom.